The smallest absolute Gasteiger partial charge is 0.207 e. The SMILES string of the molecule is Br.CCC[CH2][Mg][C](F)(F)F. The minimum absolute atomic E-state index is 0. The molecule has 0 heterocycles. The Balaban J connectivity index is 0. The molecule has 0 atom stereocenters. The molecule has 0 N–H and O–H groups in total. The van der Waals surface area contributed by atoms with Gasteiger partial charge in [0.15, 0.2) is 0 Å². The highest BCUT2D eigenvalue weighted by Crippen LogP contribution is 2.14. The Morgan fingerprint density at radius 1 is 1.30 bits per heavy atom. The topological polar surface area (TPSA) is 0 Å². The molecule has 0 aliphatic heterocycles. The molecule has 0 bridgehead atoms. The van der Waals surface area contributed by atoms with E-state index in [1.54, 1.807) is 0 Å². The maximum atomic E-state index is 11.4. The molecule has 0 nitrogen and oxygen atoms in total. The highest BCUT2D eigenvalue weighted by Gasteiger charge is 2.29. The van der Waals surface area contributed by atoms with Crippen LogP contribution in [-0.2, 0) is 0 Å². The number of alkyl halides is 3. The van der Waals surface area contributed by atoms with Gasteiger partial charge in [0.25, 0.3) is 4.31 Å². The minimum atomic E-state index is -3.81. The number of unbranched alkanes of at least 4 members (excludes halogenated alkanes) is 1. The van der Waals surface area contributed by atoms with Gasteiger partial charge in [-0.15, -0.1) is 21.5 Å². The van der Waals surface area contributed by atoms with Crippen LogP contribution < -0.4 is 0 Å². The van der Waals surface area contributed by atoms with Crippen molar-refractivity contribution >= 4 is 37.3 Å². The summed E-state index contributed by atoms with van der Waals surface area (Å²) in [5.74, 6) is 0. The zero-order valence-electron chi connectivity index (χ0n) is 5.87. The van der Waals surface area contributed by atoms with E-state index in [1.807, 2.05) is 6.92 Å². The molecular weight excluding hydrogens is 221 g/mol. The van der Waals surface area contributed by atoms with E-state index in [1.165, 1.54) is 0 Å². The third kappa shape index (κ3) is 11.8. The van der Waals surface area contributed by atoms with Gasteiger partial charge in [0, 0.05) is 0 Å². The second-order valence-corrected chi connectivity index (χ2v) is 4.08. The van der Waals surface area contributed by atoms with Gasteiger partial charge in [0.05, 0.1) is 0 Å². The molecule has 0 saturated heterocycles. The van der Waals surface area contributed by atoms with Gasteiger partial charge >= 0.3 is 20.4 Å². The lowest BCUT2D eigenvalue weighted by molar-refractivity contribution is -0.0472. The maximum Gasteiger partial charge on any atom is 0.532 e. The summed E-state index contributed by atoms with van der Waals surface area (Å²) in [6, 6.07) is 0. The molecule has 0 aromatic carbocycles. The van der Waals surface area contributed by atoms with Crippen LogP contribution in [0.1, 0.15) is 19.8 Å². The highest BCUT2D eigenvalue weighted by atomic mass is 79.9. The molecule has 0 aromatic heterocycles. The van der Waals surface area contributed by atoms with Crippen LogP contribution in [0.3, 0.4) is 0 Å². The monoisotopic (exact) mass is 230 g/mol. The fraction of sp³-hybridized carbons (Fsp3) is 1.00. The van der Waals surface area contributed by atoms with Gasteiger partial charge in [0.2, 0.25) is 0 Å². The van der Waals surface area contributed by atoms with Crippen molar-refractivity contribution in [2.75, 3.05) is 0 Å². The van der Waals surface area contributed by atoms with Crippen molar-refractivity contribution in [2.24, 2.45) is 0 Å². The van der Waals surface area contributed by atoms with E-state index in [4.69, 9.17) is 0 Å². The van der Waals surface area contributed by atoms with Crippen molar-refractivity contribution in [1.82, 2.24) is 0 Å². The molecule has 0 unspecified atom stereocenters. The average molecular weight is 231 g/mol. The van der Waals surface area contributed by atoms with E-state index in [-0.39, 0.29) is 17.0 Å². The molecule has 10 heavy (non-hydrogen) atoms. The number of hydrogen-bond donors (Lipinski definition) is 0. The summed E-state index contributed by atoms with van der Waals surface area (Å²) >= 11 is -1.76. The summed E-state index contributed by atoms with van der Waals surface area (Å²) in [7, 11) is 0. The van der Waals surface area contributed by atoms with E-state index >= 15 is 0 Å². The van der Waals surface area contributed by atoms with Crippen LogP contribution in [0.2, 0.25) is 4.55 Å². The van der Waals surface area contributed by atoms with Crippen LogP contribution in [0, 0.1) is 0 Å². The van der Waals surface area contributed by atoms with Gasteiger partial charge in [0.1, 0.15) is 0 Å². The van der Waals surface area contributed by atoms with E-state index < -0.39 is 24.7 Å². The zero-order valence-corrected chi connectivity index (χ0v) is 9.00. The third-order valence-corrected chi connectivity index (χ3v) is 2.48. The van der Waals surface area contributed by atoms with Crippen LogP contribution in [-0.4, -0.2) is 24.7 Å². The maximum absolute atomic E-state index is 11.4. The Kier molecular flexibility index (Phi) is 9.16. The normalized spacial score (nSPS) is 10.0. The van der Waals surface area contributed by atoms with Crippen molar-refractivity contribution < 1.29 is 13.2 Å². The van der Waals surface area contributed by atoms with Crippen LogP contribution in [0.4, 0.5) is 13.2 Å². The molecular formula is C5H10BrF3Mg. The Morgan fingerprint density at radius 3 is 2.10 bits per heavy atom. The Bertz CT molecular complexity index is 73.8. The van der Waals surface area contributed by atoms with E-state index in [9.17, 15) is 13.2 Å². The first-order chi connectivity index (χ1) is 4.06. The lowest BCUT2D eigenvalue weighted by Gasteiger charge is -2.02. The third-order valence-electron chi connectivity index (χ3n) is 1.06. The summed E-state index contributed by atoms with van der Waals surface area (Å²) in [5, 5.41) is 0. The molecule has 0 aliphatic rings. The van der Waals surface area contributed by atoms with Crippen LogP contribution >= 0.6 is 17.0 Å². The van der Waals surface area contributed by atoms with Crippen molar-refractivity contribution in [3.63, 3.8) is 0 Å². The van der Waals surface area contributed by atoms with Crippen LogP contribution in [0.25, 0.3) is 0 Å². The summed E-state index contributed by atoms with van der Waals surface area (Å²) in [5.41, 5.74) is 0. The molecule has 0 rings (SSSR count). The minimum Gasteiger partial charge on any atom is -0.207 e. The van der Waals surface area contributed by atoms with Crippen LogP contribution in [0.5, 0.6) is 0 Å². The van der Waals surface area contributed by atoms with Crippen molar-refractivity contribution in [3.05, 3.63) is 0 Å². The zero-order chi connectivity index (χ0) is 7.33. The summed E-state index contributed by atoms with van der Waals surface area (Å²) < 4.78 is 30.9. The van der Waals surface area contributed by atoms with E-state index in [0.717, 1.165) is 12.8 Å². The van der Waals surface area contributed by atoms with Gasteiger partial charge in [-0.1, -0.05) is 19.8 Å². The fourth-order valence-corrected chi connectivity index (χ4v) is 1.73. The predicted octanol–water partition coefficient (Wildman–Crippen LogP) is 3.01. The van der Waals surface area contributed by atoms with Crippen LogP contribution in [0.15, 0.2) is 0 Å². The largest absolute Gasteiger partial charge is 0.532 e. The number of halogens is 4. The summed E-state index contributed by atoms with van der Waals surface area (Å²) in [6.45, 7) is 1.91. The Hall–Kier alpha value is 1.04. The molecule has 0 radical (unpaired) electrons. The molecule has 0 spiro atoms. The molecule has 0 saturated carbocycles. The van der Waals surface area contributed by atoms with E-state index in [2.05, 4.69) is 0 Å². The van der Waals surface area contributed by atoms with Crippen molar-refractivity contribution in [2.45, 2.75) is 28.6 Å². The lowest BCUT2D eigenvalue weighted by Crippen LogP contribution is -2.17. The molecule has 0 aromatic rings. The predicted molar refractivity (Wildman–Crippen MR) is 41.8 cm³/mol. The van der Waals surface area contributed by atoms with Crippen molar-refractivity contribution in [1.29, 1.82) is 0 Å². The van der Waals surface area contributed by atoms with E-state index in [0.29, 0.717) is 4.55 Å². The second-order valence-electron chi connectivity index (χ2n) is 2.07. The lowest BCUT2D eigenvalue weighted by atomic mass is 10.4. The second kappa shape index (κ2) is 6.73. The first kappa shape index (κ1) is 13.6. The van der Waals surface area contributed by atoms with Gasteiger partial charge < -0.3 is 0 Å². The first-order valence-electron chi connectivity index (χ1n) is 3.13. The molecule has 0 aliphatic carbocycles. The summed E-state index contributed by atoms with van der Waals surface area (Å²) in [4.78, 5) is 0. The summed E-state index contributed by atoms with van der Waals surface area (Å²) in [6.07, 6.45) is 1.62. The Labute approximate surface area is 79.0 Å². The van der Waals surface area contributed by atoms with Gasteiger partial charge in [-0.2, -0.15) is 0 Å². The van der Waals surface area contributed by atoms with Gasteiger partial charge in [-0.3, -0.25) is 0 Å². The first-order valence-corrected chi connectivity index (χ1v) is 4.83. The van der Waals surface area contributed by atoms with Gasteiger partial charge in [-0.05, 0) is 0 Å². The standard InChI is InChI=1S/C4H9.CF3.BrH.Mg/c1-3-4-2;2-1(3)4;;/h1,3-4H2,2H3;;1H;. The molecule has 60 valence electrons. The van der Waals surface area contributed by atoms with Crippen molar-refractivity contribution in [3.8, 4) is 0 Å². The quantitative estimate of drug-likeness (QED) is 0.517. The Morgan fingerprint density at radius 2 is 1.80 bits per heavy atom. The highest BCUT2D eigenvalue weighted by molar-refractivity contribution is 8.93. The average Bonchev–Trinajstić information content (AvgIpc) is 1.63. The number of rotatable bonds is 3. The molecule has 0 amide bonds. The fourth-order valence-electron chi connectivity index (χ4n) is 0.575. The molecule has 5 heteroatoms. The number of hydrogen-bond acceptors (Lipinski definition) is 0. The van der Waals surface area contributed by atoms with Gasteiger partial charge in [-0.25, -0.2) is 13.2 Å². The molecule has 0 fully saturated rings.